The molecule has 2 aromatic rings. The van der Waals surface area contributed by atoms with E-state index in [1.165, 1.54) is 25.3 Å². The van der Waals surface area contributed by atoms with Crippen LogP contribution in [0.25, 0.3) is 11.4 Å². The Morgan fingerprint density at radius 1 is 1.40 bits per heavy atom. The molecule has 5 nitrogen and oxygen atoms in total. The second kappa shape index (κ2) is 5.19. The molecule has 2 N–H and O–H groups in total. The molecule has 0 amide bonds. The van der Waals surface area contributed by atoms with Gasteiger partial charge in [0, 0.05) is 12.1 Å². The summed E-state index contributed by atoms with van der Waals surface area (Å²) in [7, 11) is 0. The number of benzene rings is 1. The highest BCUT2D eigenvalue weighted by Crippen LogP contribution is 2.32. The average molecular weight is 275 g/mol. The van der Waals surface area contributed by atoms with Gasteiger partial charge in [-0.25, -0.2) is 9.07 Å². The number of anilines is 1. The maximum atomic E-state index is 13.6. The molecule has 1 aromatic carbocycles. The first kappa shape index (κ1) is 13.0. The molecule has 0 radical (unpaired) electrons. The Bertz CT molecular complexity index is 609. The largest absolute Gasteiger partial charge is 0.396 e. The SMILES string of the molecule is CC1CCC(Cn2nnnc2-c2ccc(N)c(F)c2)C1. The molecule has 1 saturated carbocycles. The second-order valence-corrected chi connectivity index (χ2v) is 5.71. The first-order valence-electron chi connectivity index (χ1n) is 6.95. The molecule has 1 heterocycles. The molecule has 1 aliphatic carbocycles. The molecule has 2 unspecified atom stereocenters. The summed E-state index contributed by atoms with van der Waals surface area (Å²) in [4.78, 5) is 0. The highest BCUT2D eigenvalue weighted by molar-refractivity contribution is 5.59. The Hall–Kier alpha value is -1.98. The van der Waals surface area contributed by atoms with E-state index in [0.717, 1.165) is 12.5 Å². The van der Waals surface area contributed by atoms with Crippen LogP contribution in [0.15, 0.2) is 18.2 Å². The summed E-state index contributed by atoms with van der Waals surface area (Å²) in [6, 6.07) is 4.67. The van der Waals surface area contributed by atoms with Crippen molar-refractivity contribution in [1.82, 2.24) is 20.2 Å². The Kier molecular flexibility index (Phi) is 3.38. The Labute approximate surface area is 117 Å². The van der Waals surface area contributed by atoms with Crippen molar-refractivity contribution in [2.75, 3.05) is 5.73 Å². The van der Waals surface area contributed by atoms with E-state index in [1.54, 1.807) is 16.8 Å². The van der Waals surface area contributed by atoms with E-state index in [-0.39, 0.29) is 5.69 Å². The quantitative estimate of drug-likeness (QED) is 0.874. The summed E-state index contributed by atoms with van der Waals surface area (Å²) >= 11 is 0. The molecule has 106 valence electrons. The third kappa shape index (κ3) is 2.50. The summed E-state index contributed by atoms with van der Waals surface area (Å²) in [6.45, 7) is 3.06. The van der Waals surface area contributed by atoms with Crippen LogP contribution in [0.1, 0.15) is 26.2 Å². The van der Waals surface area contributed by atoms with Gasteiger partial charge in [0.1, 0.15) is 5.82 Å². The van der Waals surface area contributed by atoms with Crippen LogP contribution in [0.3, 0.4) is 0 Å². The molecule has 0 aliphatic heterocycles. The maximum absolute atomic E-state index is 13.6. The lowest BCUT2D eigenvalue weighted by atomic mass is 10.1. The van der Waals surface area contributed by atoms with Gasteiger partial charge in [-0.2, -0.15) is 0 Å². The predicted octanol–water partition coefficient (Wildman–Crippen LogP) is 2.50. The molecule has 20 heavy (non-hydrogen) atoms. The van der Waals surface area contributed by atoms with Gasteiger partial charge in [-0.15, -0.1) is 5.10 Å². The van der Waals surface area contributed by atoms with Crippen LogP contribution in [0.2, 0.25) is 0 Å². The summed E-state index contributed by atoms with van der Waals surface area (Å²) in [6.07, 6.45) is 3.67. The van der Waals surface area contributed by atoms with Gasteiger partial charge >= 0.3 is 0 Å². The topological polar surface area (TPSA) is 69.6 Å². The van der Waals surface area contributed by atoms with Gasteiger partial charge in [-0.05, 0) is 53.3 Å². The van der Waals surface area contributed by atoms with Crippen molar-refractivity contribution in [1.29, 1.82) is 0 Å². The monoisotopic (exact) mass is 275 g/mol. The van der Waals surface area contributed by atoms with Gasteiger partial charge in [-0.3, -0.25) is 0 Å². The van der Waals surface area contributed by atoms with Crippen LogP contribution < -0.4 is 5.73 Å². The van der Waals surface area contributed by atoms with E-state index >= 15 is 0 Å². The molecule has 6 heteroatoms. The van der Waals surface area contributed by atoms with E-state index in [9.17, 15) is 4.39 Å². The zero-order valence-corrected chi connectivity index (χ0v) is 11.5. The van der Waals surface area contributed by atoms with Crippen molar-refractivity contribution in [3.8, 4) is 11.4 Å². The molecule has 0 spiro atoms. The minimum Gasteiger partial charge on any atom is -0.396 e. The number of halogens is 1. The van der Waals surface area contributed by atoms with Gasteiger partial charge in [0.2, 0.25) is 0 Å². The molecule has 1 fully saturated rings. The zero-order chi connectivity index (χ0) is 14.1. The van der Waals surface area contributed by atoms with Crippen molar-refractivity contribution in [3.63, 3.8) is 0 Å². The first-order valence-corrected chi connectivity index (χ1v) is 6.95. The van der Waals surface area contributed by atoms with Crippen LogP contribution in [0.5, 0.6) is 0 Å². The lowest BCUT2D eigenvalue weighted by molar-refractivity contribution is 0.412. The Morgan fingerprint density at radius 3 is 2.95 bits per heavy atom. The minimum absolute atomic E-state index is 0.136. The predicted molar refractivity (Wildman–Crippen MR) is 74.1 cm³/mol. The van der Waals surface area contributed by atoms with E-state index in [4.69, 9.17) is 5.73 Å². The molecule has 1 aromatic heterocycles. The maximum Gasteiger partial charge on any atom is 0.182 e. The van der Waals surface area contributed by atoms with Crippen LogP contribution in [0.4, 0.5) is 10.1 Å². The van der Waals surface area contributed by atoms with E-state index in [0.29, 0.717) is 17.3 Å². The standard InChI is InChI=1S/C14H18FN5/c1-9-2-3-10(6-9)8-20-14(17-18-19-20)11-4-5-13(16)12(15)7-11/h4-5,7,9-10H,2-3,6,8,16H2,1H3. The van der Waals surface area contributed by atoms with Crippen molar-refractivity contribution in [3.05, 3.63) is 24.0 Å². The van der Waals surface area contributed by atoms with Crippen molar-refractivity contribution in [2.24, 2.45) is 11.8 Å². The first-order chi connectivity index (χ1) is 9.63. The van der Waals surface area contributed by atoms with Gasteiger partial charge in [0.15, 0.2) is 5.82 Å². The number of nitrogens with two attached hydrogens (primary N) is 1. The number of aromatic nitrogens is 4. The lowest BCUT2D eigenvalue weighted by Crippen LogP contribution is -2.11. The molecule has 0 saturated heterocycles. The zero-order valence-electron chi connectivity index (χ0n) is 11.5. The molecule has 3 rings (SSSR count). The van der Waals surface area contributed by atoms with E-state index in [1.807, 2.05) is 0 Å². The van der Waals surface area contributed by atoms with Crippen LogP contribution >= 0.6 is 0 Å². The number of tetrazole rings is 1. The van der Waals surface area contributed by atoms with Crippen molar-refractivity contribution >= 4 is 5.69 Å². The summed E-state index contributed by atoms with van der Waals surface area (Å²) < 4.78 is 15.3. The Balaban J connectivity index is 1.84. The minimum atomic E-state index is -0.438. The lowest BCUT2D eigenvalue weighted by Gasteiger charge is -2.11. The van der Waals surface area contributed by atoms with Gasteiger partial charge < -0.3 is 5.73 Å². The molecule has 0 bridgehead atoms. The average Bonchev–Trinajstić information content (AvgIpc) is 3.03. The number of nitrogens with zero attached hydrogens (tertiary/aromatic N) is 4. The Morgan fingerprint density at radius 2 is 2.25 bits per heavy atom. The van der Waals surface area contributed by atoms with Crippen LogP contribution in [0, 0.1) is 17.7 Å². The summed E-state index contributed by atoms with van der Waals surface area (Å²) in [5.41, 5.74) is 6.29. The third-order valence-corrected chi connectivity index (χ3v) is 4.03. The highest BCUT2D eigenvalue weighted by Gasteiger charge is 2.23. The summed E-state index contributed by atoms with van der Waals surface area (Å²) in [5.74, 6) is 1.54. The molecular weight excluding hydrogens is 257 g/mol. The second-order valence-electron chi connectivity index (χ2n) is 5.71. The van der Waals surface area contributed by atoms with Crippen molar-refractivity contribution in [2.45, 2.75) is 32.7 Å². The van der Waals surface area contributed by atoms with E-state index < -0.39 is 5.82 Å². The number of nitrogen functional groups attached to an aromatic ring is 1. The normalized spacial score (nSPS) is 22.3. The van der Waals surface area contributed by atoms with E-state index in [2.05, 4.69) is 22.4 Å². The van der Waals surface area contributed by atoms with Crippen molar-refractivity contribution < 1.29 is 4.39 Å². The smallest absolute Gasteiger partial charge is 0.182 e. The fourth-order valence-corrected chi connectivity index (χ4v) is 2.94. The third-order valence-electron chi connectivity index (χ3n) is 4.03. The van der Waals surface area contributed by atoms with Crippen LogP contribution in [-0.2, 0) is 6.54 Å². The van der Waals surface area contributed by atoms with Gasteiger partial charge in [-0.1, -0.05) is 13.3 Å². The summed E-state index contributed by atoms with van der Waals surface area (Å²) in [5, 5.41) is 11.8. The fraction of sp³-hybridized carbons (Fsp3) is 0.500. The number of hydrogen-bond acceptors (Lipinski definition) is 4. The molecular formula is C14H18FN5. The molecule has 1 aliphatic rings. The fourth-order valence-electron chi connectivity index (χ4n) is 2.94. The molecule has 2 atom stereocenters. The van der Waals surface area contributed by atoms with Gasteiger partial charge in [0.05, 0.1) is 5.69 Å². The number of hydrogen-bond donors (Lipinski definition) is 1. The number of rotatable bonds is 3. The van der Waals surface area contributed by atoms with Gasteiger partial charge in [0.25, 0.3) is 0 Å². The van der Waals surface area contributed by atoms with Crippen LogP contribution in [-0.4, -0.2) is 20.2 Å². The highest BCUT2D eigenvalue weighted by atomic mass is 19.1.